The van der Waals surface area contributed by atoms with Gasteiger partial charge in [0.1, 0.15) is 11.5 Å². The Morgan fingerprint density at radius 2 is 1.73 bits per heavy atom. The summed E-state index contributed by atoms with van der Waals surface area (Å²) in [6, 6.07) is 22.8. The third-order valence-electron chi connectivity index (χ3n) is 6.89. The van der Waals surface area contributed by atoms with Gasteiger partial charge in [0.15, 0.2) is 28.2 Å². The molecule has 1 unspecified atom stereocenters. The molecule has 1 aromatic heterocycles. The molecule has 1 aliphatic heterocycles. The van der Waals surface area contributed by atoms with Gasteiger partial charge in [0, 0.05) is 0 Å². The molecule has 0 radical (unpaired) electrons. The summed E-state index contributed by atoms with van der Waals surface area (Å²) in [4.78, 5) is 45.7. The number of hydrogen-bond donors (Lipinski definition) is 1. The molecule has 0 spiro atoms. The fourth-order valence-corrected chi connectivity index (χ4v) is 5.76. The van der Waals surface area contributed by atoms with Crippen LogP contribution in [0, 0.1) is 6.92 Å². The SMILES string of the molecule is CCOC(=O)c1sc(N2C(=O)C(O)=C(C(=O)/C=C/c3ccccc3)C2c2ccc(OCc3ccccc3)c(OC)c2)nc1C. The maximum atomic E-state index is 13.7. The number of aromatic nitrogens is 1. The van der Waals surface area contributed by atoms with Gasteiger partial charge in [-0.15, -0.1) is 0 Å². The number of esters is 1. The predicted molar refractivity (Wildman–Crippen MR) is 167 cm³/mol. The zero-order valence-electron chi connectivity index (χ0n) is 24.4. The van der Waals surface area contributed by atoms with Crippen molar-refractivity contribution in [3.8, 4) is 11.5 Å². The zero-order valence-corrected chi connectivity index (χ0v) is 25.2. The smallest absolute Gasteiger partial charge is 0.350 e. The van der Waals surface area contributed by atoms with Crippen molar-refractivity contribution >= 4 is 40.2 Å². The first-order valence-corrected chi connectivity index (χ1v) is 14.7. The molecule has 1 amide bonds. The minimum atomic E-state index is -1.08. The number of ketones is 1. The second kappa shape index (κ2) is 13.4. The summed E-state index contributed by atoms with van der Waals surface area (Å²) >= 11 is 0.948. The van der Waals surface area contributed by atoms with Crippen molar-refractivity contribution < 1.29 is 33.7 Å². The number of anilines is 1. The van der Waals surface area contributed by atoms with Crippen LogP contribution in [0.15, 0.2) is 96.3 Å². The summed E-state index contributed by atoms with van der Waals surface area (Å²) in [6.45, 7) is 3.79. The van der Waals surface area contributed by atoms with Gasteiger partial charge in [-0.25, -0.2) is 9.78 Å². The summed E-state index contributed by atoms with van der Waals surface area (Å²) in [5.41, 5.74) is 2.44. The van der Waals surface area contributed by atoms with Crippen LogP contribution in [0.25, 0.3) is 6.08 Å². The maximum absolute atomic E-state index is 13.7. The first-order chi connectivity index (χ1) is 21.3. The van der Waals surface area contributed by atoms with Crippen LogP contribution in [-0.2, 0) is 20.9 Å². The van der Waals surface area contributed by atoms with Gasteiger partial charge in [-0.05, 0) is 48.7 Å². The quantitative estimate of drug-likeness (QED) is 0.153. The monoisotopic (exact) mass is 610 g/mol. The molecule has 5 rings (SSSR count). The number of aryl methyl sites for hydroxylation is 1. The predicted octanol–water partition coefficient (Wildman–Crippen LogP) is 6.40. The molecule has 10 heteroatoms. The molecule has 1 N–H and O–H groups in total. The number of carbonyl (C=O) groups is 3. The van der Waals surface area contributed by atoms with Gasteiger partial charge in [-0.2, -0.15) is 0 Å². The number of ether oxygens (including phenoxy) is 3. The number of aliphatic hydroxyl groups is 1. The Hall–Kier alpha value is -5.22. The summed E-state index contributed by atoms with van der Waals surface area (Å²) in [5, 5.41) is 11.2. The topological polar surface area (TPSA) is 115 Å². The van der Waals surface area contributed by atoms with Gasteiger partial charge < -0.3 is 19.3 Å². The van der Waals surface area contributed by atoms with Crippen LogP contribution in [0.3, 0.4) is 0 Å². The maximum Gasteiger partial charge on any atom is 0.350 e. The summed E-state index contributed by atoms with van der Waals surface area (Å²) in [5.74, 6) is -1.83. The van der Waals surface area contributed by atoms with Gasteiger partial charge in [-0.3, -0.25) is 14.5 Å². The van der Waals surface area contributed by atoms with Crippen molar-refractivity contribution in [2.75, 3.05) is 18.6 Å². The van der Waals surface area contributed by atoms with Crippen LogP contribution in [-0.4, -0.2) is 41.5 Å². The Kier molecular flexibility index (Phi) is 9.20. The number of benzene rings is 3. The number of aliphatic hydroxyl groups excluding tert-OH is 1. The van der Waals surface area contributed by atoms with Gasteiger partial charge in [0.25, 0.3) is 5.91 Å². The number of methoxy groups -OCH3 is 1. The molecule has 4 aromatic rings. The van der Waals surface area contributed by atoms with E-state index in [-0.39, 0.29) is 22.2 Å². The molecule has 9 nitrogen and oxygen atoms in total. The number of nitrogens with zero attached hydrogens (tertiary/aromatic N) is 2. The lowest BCUT2D eigenvalue weighted by Crippen LogP contribution is -2.30. The highest BCUT2D eigenvalue weighted by molar-refractivity contribution is 7.17. The van der Waals surface area contributed by atoms with Gasteiger partial charge >= 0.3 is 5.97 Å². The highest BCUT2D eigenvalue weighted by atomic mass is 32.1. The lowest BCUT2D eigenvalue weighted by atomic mass is 9.95. The Bertz CT molecular complexity index is 1750. The van der Waals surface area contributed by atoms with Crippen LogP contribution < -0.4 is 14.4 Å². The average molecular weight is 611 g/mol. The minimum absolute atomic E-state index is 0.130. The van der Waals surface area contributed by atoms with Crippen LogP contribution in [0.1, 0.15) is 45.0 Å². The molecule has 0 fully saturated rings. The average Bonchev–Trinajstić information content (AvgIpc) is 3.55. The Balaban J connectivity index is 1.56. The van der Waals surface area contributed by atoms with Gasteiger partial charge in [-0.1, -0.05) is 84.1 Å². The zero-order chi connectivity index (χ0) is 31.2. The van der Waals surface area contributed by atoms with E-state index in [1.807, 2.05) is 60.7 Å². The van der Waals surface area contributed by atoms with Crippen molar-refractivity contribution in [1.82, 2.24) is 4.98 Å². The van der Waals surface area contributed by atoms with E-state index < -0.39 is 29.5 Å². The van der Waals surface area contributed by atoms with Crippen molar-refractivity contribution in [3.63, 3.8) is 0 Å². The molecule has 1 atom stereocenters. The Morgan fingerprint density at radius 1 is 1.02 bits per heavy atom. The van der Waals surface area contributed by atoms with E-state index in [0.717, 1.165) is 22.5 Å². The van der Waals surface area contributed by atoms with E-state index in [1.54, 1.807) is 38.1 Å². The van der Waals surface area contributed by atoms with Crippen molar-refractivity contribution in [2.24, 2.45) is 0 Å². The fourth-order valence-electron chi connectivity index (χ4n) is 4.78. The van der Waals surface area contributed by atoms with E-state index >= 15 is 0 Å². The molecule has 0 bridgehead atoms. The van der Waals surface area contributed by atoms with Crippen LogP contribution >= 0.6 is 11.3 Å². The minimum Gasteiger partial charge on any atom is -0.503 e. The standard InChI is InChI=1S/C34H30N2O7S/c1-4-42-33(40)31-21(2)35-34(44-31)36-29(28(30(38)32(36)39)25(37)17-15-22-11-7-5-8-12-22)24-16-18-26(27(19-24)41-3)43-20-23-13-9-6-10-14-23/h5-19,29,38H,4,20H2,1-3H3/b17-15+. The number of carbonyl (C=O) groups excluding carboxylic acids is 3. The molecule has 0 aliphatic carbocycles. The molecular formula is C34H30N2O7S. The summed E-state index contributed by atoms with van der Waals surface area (Å²) in [6.07, 6.45) is 2.93. The summed E-state index contributed by atoms with van der Waals surface area (Å²) < 4.78 is 16.8. The lowest BCUT2D eigenvalue weighted by Gasteiger charge is -2.25. The normalized spacial score (nSPS) is 14.8. The molecule has 0 saturated heterocycles. The first kappa shape index (κ1) is 30.2. The van der Waals surface area contributed by atoms with Crippen molar-refractivity contribution in [1.29, 1.82) is 0 Å². The number of allylic oxidation sites excluding steroid dienone is 1. The number of hydrogen-bond acceptors (Lipinski definition) is 9. The van der Waals surface area contributed by atoms with Crippen LogP contribution in [0.2, 0.25) is 0 Å². The molecule has 44 heavy (non-hydrogen) atoms. The number of rotatable bonds is 11. The van der Waals surface area contributed by atoms with Gasteiger partial charge in [0.05, 0.1) is 31.0 Å². The summed E-state index contributed by atoms with van der Waals surface area (Å²) in [7, 11) is 1.49. The highest BCUT2D eigenvalue weighted by Crippen LogP contribution is 2.45. The molecule has 0 saturated carbocycles. The molecule has 2 heterocycles. The van der Waals surface area contributed by atoms with E-state index in [2.05, 4.69) is 4.98 Å². The van der Waals surface area contributed by atoms with Gasteiger partial charge in [0.2, 0.25) is 0 Å². The number of amides is 1. The van der Waals surface area contributed by atoms with Crippen LogP contribution in [0.5, 0.6) is 11.5 Å². The van der Waals surface area contributed by atoms with Crippen molar-refractivity contribution in [2.45, 2.75) is 26.5 Å². The van der Waals surface area contributed by atoms with E-state index in [9.17, 15) is 19.5 Å². The van der Waals surface area contributed by atoms with E-state index in [4.69, 9.17) is 14.2 Å². The molecule has 224 valence electrons. The molecule has 1 aliphatic rings. The third kappa shape index (κ3) is 6.25. The third-order valence-corrected chi connectivity index (χ3v) is 8.03. The second-order valence-corrected chi connectivity index (χ2v) is 10.7. The Morgan fingerprint density at radius 3 is 2.41 bits per heavy atom. The Labute approximate surface area is 258 Å². The highest BCUT2D eigenvalue weighted by Gasteiger charge is 2.45. The van der Waals surface area contributed by atoms with Crippen molar-refractivity contribution in [3.05, 3.63) is 124 Å². The molecule has 3 aromatic carbocycles. The first-order valence-electron chi connectivity index (χ1n) is 13.9. The molecular weight excluding hydrogens is 580 g/mol. The van der Waals surface area contributed by atoms with E-state index in [1.165, 1.54) is 18.1 Å². The number of thiazole rings is 1. The fraction of sp³-hybridized carbons (Fsp3) is 0.176. The van der Waals surface area contributed by atoms with Crippen LogP contribution in [0.4, 0.5) is 5.13 Å². The second-order valence-electron chi connectivity index (χ2n) is 9.76. The van der Waals surface area contributed by atoms with E-state index in [0.29, 0.717) is 29.4 Å². The lowest BCUT2D eigenvalue weighted by molar-refractivity contribution is -0.117. The largest absolute Gasteiger partial charge is 0.503 e.